The molecule has 242 valence electrons. The van der Waals surface area contributed by atoms with Crippen LogP contribution in [0.3, 0.4) is 0 Å². The number of alkyl halides is 2. The molecular weight excluding hydrogens is 601 g/mol. The molecule has 44 heavy (non-hydrogen) atoms. The number of amides is 3. The Labute approximate surface area is 260 Å². The lowest BCUT2D eigenvalue weighted by Crippen LogP contribution is -2.70. The van der Waals surface area contributed by atoms with Crippen LogP contribution in [-0.2, 0) is 23.9 Å². The van der Waals surface area contributed by atoms with Gasteiger partial charge in [0.05, 0.1) is 18.6 Å². The van der Waals surface area contributed by atoms with Crippen LogP contribution in [0.1, 0.15) is 59.3 Å². The summed E-state index contributed by atoms with van der Waals surface area (Å²) in [6, 6.07) is 2.33. The number of fused-ring (bicyclic) bond motifs is 3. The highest BCUT2D eigenvalue weighted by molar-refractivity contribution is 6.30. The van der Waals surface area contributed by atoms with Gasteiger partial charge in [-0.2, -0.15) is 4.39 Å². The van der Waals surface area contributed by atoms with Gasteiger partial charge in [-0.1, -0.05) is 31.5 Å². The Morgan fingerprint density at radius 1 is 1.23 bits per heavy atom. The van der Waals surface area contributed by atoms with Gasteiger partial charge in [0.25, 0.3) is 5.92 Å². The van der Waals surface area contributed by atoms with Crippen molar-refractivity contribution in [3.05, 3.63) is 41.2 Å². The molecule has 3 amide bonds. The molecule has 1 aliphatic carbocycles. The van der Waals surface area contributed by atoms with Gasteiger partial charge in [-0.15, -0.1) is 0 Å². The van der Waals surface area contributed by atoms with Crippen molar-refractivity contribution in [2.45, 2.75) is 89.4 Å². The third-order valence-corrected chi connectivity index (χ3v) is 8.71. The topological polar surface area (TPSA) is 117 Å². The fourth-order valence-corrected chi connectivity index (χ4v) is 6.72. The molecule has 2 bridgehead atoms. The number of benzene rings is 1. The molecule has 9 nitrogen and oxygen atoms in total. The van der Waals surface area contributed by atoms with Crippen LogP contribution in [0.2, 0.25) is 5.02 Å². The Balaban J connectivity index is 1.65. The Kier molecular flexibility index (Phi) is 10.9. The predicted molar refractivity (Wildman–Crippen MR) is 159 cm³/mol. The maximum Gasteiger partial charge on any atom is 0.366 e. The lowest BCUT2D eigenvalue weighted by Gasteiger charge is -2.54. The number of nitrogens with one attached hydrogen (secondary N) is 3. The normalized spacial score (nSPS) is 25.8. The number of carbonyl (C=O) groups excluding carboxylic acids is 4. The van der Waals surface area contributed by atoms with E-state index in [0.29, 0.717) is 36.5 Å². The van der Waals surface area contributed by atoms with Gasteiger partial charge in [-0.05, 0) is 69.2 Å². The molecule has 0 radical (unpaired) electrons. The van der Waals surface area contributed by atoms with Crippen molar-refractivity contribution in [2.24, 2.45) is 17.8 Å². The monoisotopic (exact) mass is 640 g/mol. The van der Waals surface area contributed by atoms with Crippen molar-refractivity contribution >= 4 is 41.0 Å². The minimum absolute atomic E-state index is 0.0266. The second-order valence-electron chi connectivity index (χ2n) is 12.2. The van der Waals surface area contributed by atoms with Crippen LogP contribution in [0.15, 0.2) is 36.2 Å². The van der Waals surface area contributed by atoms with E-state index in [1.807, 2.05) is 13.8 Å². The van der Waals surface area contributed by atoms with Gasteiger partial charge < -0.3 is 25.6 Å². The van der Waals surface area contributed by atoms with Crippen LogP contribution >= 0.6 is 11.6 Å². The van der Waals surface area contributed by atoms with Gasteiger partial charge in [0.2, 0.25) is 23.5 Å². The van der Waals surface area contributed by atoms with E-state index in [9.17, 15) is 23.6 Å². The van der Waals surface area contributed by atoms with Crippen molar-refractivity contribution in [3.8, 4) is 0 Å². The smallest absolute Gasteiger partial charge is 0.366 e. The van der Waals surface area contributed by atoms with Crippen LogP contribution in [0.25, 0.3) is 0 Å². The molecule has 1 aromatic rings. The third-order valence-electron chi connectivity index (χ3n) is 8.48. The molecule has 1 saturated carbocycles. The first-order valence-corrected chi connectivity index (χ1v) is 15.5. The first kappa shape index (κ1) is 33.6. The zero-order valence-electron chi connectivity index (χ0n) is 25.1. The van der Waals surface area contributed by atoms with Crippen molar-refractivity contribution in [2.75, 3.05) is 18.5 Å². The van der Waals surface area contributed by atoms with E-state index in [1.165, 1.54) is 11.8 Å². The van der Waals surface area contributed by atoms with Crippen molar-refractivity contribution in [3.63, 3.8) is 0 Å². The molecule has 0 unspecified atom stereocenters. The quantitative estimate of drug-likeness (QED) is 0.227. The largest absolute Gasteiger partial charge is 0.461 e. The van der Waals surface area contributed by atoms with E-state index < -0.39 is 72.0 Å². The van der Waals surface area contributed by atoms with Gasteiger partial charge in [-0.25, -0.2) is 13.6 Å². The number of nitrogens with zero attached hydrogens (tertiary/aromatic N) is 1. The lowest BCUT2D eigenvalue weighted by molar-refractivity contribution is -0.194. The maximum absolute atomic E-state index is 15.3. The highest BCUT2D eigenvalue weighted by atomic mass is 35.5. The molecule has 3 saturated heterocycles. The fraction of sp³-hybridized carbons (Fsp3) is 0.613. The van der Waals surface area contributed by atoms with Crippen molar-refractivity contribution < 1.29 is 37.1 Å². The summed E-state index contributed by atoms with van der Waals surface area (Å²) in [6.07, 6.45) is 1.32. The summed E-state index contributed by atoms with van der Waals surface area (Å²) in [5.41, 5.74) is 0.569. The first-order chi connectivity index (χ1) is 20.8. The summed E-state index contributed by atoms with van der Waals surface area (Å²) in [5, 5.41) is 8.90. The molecule has 5 rings (SSSR count). The van der Waals surface area contributed by atoms with Gasteiger partial charge in [0.1, 0.15) is 12.1 Å². The van der Waals surface area contributed by atoms with Crippen molar-refractivity contribution in [1.29, 1.82) is 0 Å². The molecule has 6 atom stereocenters. The van der Waals surface area contributed by atoms with Gasteiger partial charge >= 0.3 is 5.97 Å². The number of esters is 1. The third kappa shape index (κ3) is 7.86. The second kappa shape index (κ2) is 14.2. The molecule has 1 aromatic carbocycles. The second-order valence-corrected chi connectivity index (χ2v) is 12.6. The van der Waals surface area contributed by atoms with Crippen molar-refractivity contribution in [1.82, 2.24) is 15.5 Å². The number of hydrogen-bond donors (Lipinski definition) is 3. The molecule has 3 N–H and O–H groups in total. The molecular formula is C31H40ClF3N4O5. The average Bonchev–Trinajstić information content (AvgIpc) is 3.35. The molecule has 0 aromatic heterocycles. The highest BCUT2D eigenvalue weighted by Crippen LogP contribution is 2.49. The SMILES string of the molecule is CCOC(=O)/C(F)=C\[C@@H](C[C@@H]1CCNC1=O)NC(=O)[C@H]1[C@@H]2CC[C@@H](CC2(F)F)N1C(=O)[C@H](CC(C)C)Nc1cccc(Cl)c1. The zero-order valence-corrected chi connectivity index (χ0v) is 25.8. The summed E-state index contributed by atoms with van der Waals surface area (Å²) < 4.78 is 50.1. The molecule has 0 spiro atoms. The van der Waals surface area contributed by atoms with E-state index in [-0.39, 0.29) is 31.3 Å². The number of anilines is 1. The van der Waals surface area contributed by atoms with Gasteiger partial charge in [0, 0.05) is 35.6 Å². The standard InChI is InChI=1S/C31H40ClF3N4O5/c1-4-44-30(43)24(33)15-21(13-18-10-11-36-27(18)40)38-28(41)26-23-9-8-22(16-31(23,34)35)39(26)29(42)25(12-17(2)3)37-20-7-5-6-19(32)14-20/h5-7,14-15,17-18,21-23,25-26,37H,4,8-13,16H2,1-3H3,(H,36,40)(H,38,41)/b24-15+/t18-,21+,22-,23-,25-,26+/m0/s1. The zero-order chi connectivity index (χ0) is 32.2. The summed E-state index contributed by atoms with van der Waals surface area (Å²) in [5.74, 6) is -9.42. The summed E-state index contributed by atoms with van der Waals surface area (Å²) in [4.78, 5) is 53.7. The predicted octanol–water partition coefficient (Wildman–Crippen LogP) is 4.61. The van der Waals surface area contributed by atoms with E-state index >= 15 is 8.78 Å². The maximum atomic E-state index is 15.3. The molecule has 13 heteroatoms. The van der Waals surface area contributed by atoms with E-state index in [4.69, 9.17) is 16.3 Å². The number of halogens is 4. The number of ether oxygens (including phenoxy) is 1. The fourth-order valence-electron chi connectivity index (χ4n) is 6.53. The minimum atomic E-state index is -3.21. The Hall–Kier alpha value is -3.28. The van der Waals surface area contributed by atoms with E-state index in [0.717, 1.165) is 6.08 Å². The van der Waals surface area contributed by atoms with Crippen LogP contribution in [-0.4, -0.2) is 71.8 Å². The molecule has 3 aliphatic heterocycles. The van der Waals surface area contributed by atoms with E-state index in [2.05, 4.69) is 16.0 Å². The summed E-state index contributed by atoms with van der Waals surface area (Å²) >= 11 is 6.14. The minimum Gasteiger partial charge on any atom is -0.461 e. The molecule has 4 aliphatic rings. The first-order valence-electron chi connectivity index (χ1n) is 15.1. The van der Waals surface area contributed by atoms with E-state index in [1.54, 1.807) is 24.3 Å². The Morgan fingerprint density at radius 2 is 1.98 bits per heavy atom. The summed E-state index contributed by atoms with van der Waals surface area (Å²) in [7, 11) is 0. The average molecular weight is 641 g/mol. The van der Waals surface area contributed by atoms with Crippen LogP contribution in [0.5, 0.6) is 0 Å². The van der Waals surface area contributed by atoms with Crippen LogP contribution in [0, 0.1) is 17.8 Å². The van der Waals surface area contributed by atoms with Crippen LogP contribution < -0.4 is 16.0 Å². The van der Waals surface area contributed by atoms with Gasteiger partial charge in [0.15, 0.2) is 0 Å². The lowest BCUT2D eigenvalue weighted by atomic mass is 9.71. The summed E-state index contributed by atoms with van der Waals surface area (Å²) in [6.45, 7) is 5.67. The van der Waals surface area contributed by atoms with Crippen LogP contribution in [0.4, 0.5) is 18.9 Å². The highest BCUT2D eigenvalue weighted by Gasteiger charge is 2.61. The Morgan fingerprint density at radius 3 is 2.59 bits per heavy atom. The van der Waals surface area contributed by atoms with Gasteiger partial charge in [-0.3, -0.25) is 14.4 Å². The number of hydrogen-bond acceptors (Lipinski definition) is 6. The molecule has 3 heterocycles. The number of piperidine rings is 2. The molecule has 4 fully saturated rings. The Bertz CT molecular complexity index is 1280. The number of carbonyl (C=O) groups is 4. The number of rotatable bonds is 12.